The number of carboxylic acid groups (broad SMARTS) is 1. The van der Waals surface area contributed by atoms with Crippen LogP contribution in [0.2, 0.25) is 0 Å². The van der Waals surface area contributed by atoms with Crippen LogP contribution >= 0.6 is 0 Å². The van der Waals surface area contributed by atoms with Crippen molar-refractivity contribution >= 4 is 17.7 Å². The van der Waals surface area contributed by atoms with Gasteiger partial charge in [-0.15, -0.1) is 0 Å². The fraction of sp³-hybridized carbons (Fsp3) is 0.357. The molecule has 0 saturated heterocycles. The Morgan fingerprint density at radius 1 is 1.30 bits per heavy atom. The number of nitrogens with one attached hydrogen (secondary N) is 1. The quantitative estimate of drug-likeness (QED) is 0.552. The number of benzene rings is 1. The van der Waals surface area contributed by atoms with E-state index >= 15 is 0 Å². The number of carbonyl (C=O) groups excluding carboxylic acids is 2. The van der Waals surface area contributed by atoms with Crippen molar-refractivity contribution in [1.82, 2.24) is 5.32 Å². The summed E-state index contributed by atoms with van der Waals surface area (Å²) in [5.41, 5.74) is 0.571. The molecular weight excluding hydrogens is 262 g/mol. The minimum absolute atomic E-state index is 0.0384. The lowest BCUT2D eigenvalue weighted by molar-refractivity contribution is -0.137. The lowest BCUT2D eigenvalue weighted by Gasteiger charge is -2.07. The van der Waals surface area contributed by atoms with E-state index in [1.54, 1.807) is 24.3 Å². The number of ether oxygens (including phenoxy) is 1. The third-order valence-electron chi connectivity index (χ3n) is 2.49. The third kappa shape index (κ3) is 5.99. The number of hydrogen-bond acceptors (Lipinski definition) is 4. The Bertz CT molecular complexity index is 498. The summed E-state index contributed by atoms with van der Waals surface area (Å²) < 4.78 is 5.42. The van der Waals surface area contributed by atoms with Gasteiger partial charge < -0.3 is 15.2 Å². The van der Waals surface area contributed by atoms with E-state index in [4.69, 9.17) is 9.84 Å². The summed E-state index contributed by atoms with van der Waals surface area (Å²) in [6, 6.07) is 6.81. The SMILES string of the molecule is CC(=O)c1cccc(OCCCC(=O)NCC(=O)O)c1. The highest BCUT2D eigenvalue weighted by molar-refractivity contribution is 5.94. The lowest BCUT2D eigenvalue weighted by Crippen LogP contribution is -2.29. The number of hydrogen-bond donors (Lipinski definition) is 2. The molecule has 0 aliphatic heterocycles. The molecule has 0 heterocycles. The third-order valence-corrected chi connectivity index (χ3v) is 2.49. The van der Waals surface area contributed by atoms with Crippen LogP contribution in [-0.2, 0) is 9.59 Å². The summed E-state index contributed by atoms with van der Waals surface area (Å²) >= 11 is 0. The molecule has 2 N–H and O–H groups in total. The molecule has 0 aliphatic carbocycles. The van der Waals surface area contributed by atoms with Crippen molar-refractivity contribution in [2.45, 2.75) is 19.8 Å². The molecule has 1 aromatic rings. The van der Waals surface area contributed by atoms with Crippen LogP contribution in [0.25, 0.3) is 0 Å². The van der Waals surface area contributed by atoms with Crippen LogP contribution in [0.3, 0.4) is 0 Å². The largest absolute Gasteiger partial charge is 0.494 e. The molecule has 0 radical (unpaired) electrons. The predicted molar refractivity (Wildman–Crippen MR) is 71.8 cm³/mol. The summed E-state index contributed by atoms with van der Waals surface area (Å²) in [5, 5.41) is 10.7. The van der Waals surface area contributed by atoms with Gasteiger partial charge in [-0.25, -0.2) is 0 Å². The average molecular weight is 279 g/mol. The molecule has 1 rings (SSSR count). The monoisotopic (exact) mass is 279 g/mol. The Morgan fingerprint density at radius 3 is 2.70 bits per heavy atom. The number of amides is 1. The number of ketones is 1. The van der Waals surface area contributed by atoms with Crippen LogP contribution in [0.4, 0.5) is 0 Å². The minimum atomic E-state index is -1.07. The van der Waals surface area contributed by atoms with E-state index in [0.29, 0.717) is 24.3 Å². The van der Waals surface area contributed by atoms with Crippen LogP contribution in [0, 0.1) is 0 Å². The Labute approximate surface area is 116 Å². The van der Waals surface area contributed by atoms with Gasteiger partial charge in [0.05, 0.1) is 6.61 Å². The van der Waals surface area contributed by atoms with Gasteiger partial charge in [0, 0.05) is 12.0 Å². The second-order valence-electron chi connectivity index (χ2n) is 4.21. The predicted octanol–water partition coefficient (Wildman–Crippen LogP) is 1.25. The molecule has 1 aromatic carbocycles. The summed E-state index contributed by atoms with van der Waals surface area (Å²) in [6.07, 6.45) is 0.662. The Balaban J connectivity index is 2.27. The normalized spacial score (nSPS) is 9.85. The topological polar surface area (TPSA) is 92.7 Å². The fourth-order valence-electron chi connectivity index (χ4n) is 1.49. The molecule has 0 fully saturated rings. The van der Waals surface area contributed by atoms with Crippen molar-refractivity contribution < 1.29 is 24.2 Å². The van der Waals surface area contributed by atoms with E-state index in [2.05, 4.69) is 5.32 Å². The van der Waals surface area contributed by atoms with Gasteiger partial charge >= 0.3 is 5.97 Å². The van der Waals surface area contributed by atoms with Crippen molar-refractivity contribution in [3.05, 3.63) is 29.8 Å². The molecule has 20 heavy (non-hydrogen) atoms. The van der Waals surface area contributed by atoms with Gasteiger partial charge in [0.25, 0.3) is 0 Å². The zero-order valence-electron chi connectivity index (χ0n) is 11.2. The van der Waals surface area contributed by atoms with Crippen molar-refractivity contribution in [2.24, 2.45) is 0 Å². The lowest BCUT2D eigenvalue weighted by atomic mass is 10.1. The zero-order valence-corrected chi connectivity index (χ0v) is 11.2. The Hall–Kier alpha value is -2.37. The first-order chi connectivity index (χ1) is 9.49. The maximum Gasteiger partial charge on any atom is 0.322 e. The van der Waals surface area contributed by atoms with Gasteiger partial charge in [-0.1, -0.05) is 12.1 Å². The van der Waals surface area contributed by atoms with Crippen LogP contribution in [0.15, 0.2) is 24.3 Å². The average Bonchev–Trinajstić information content (AvgIpc) is 2.41. The summed E-state index contributed by atoms with van der Waals surface area (Å²) in [7, 11) is 0. The second-order valence-corrected chi connectivity index (χ2v) is 4.21. The van der Waals surface area contributed by atoms with E-state index < -0.39 is 5.97 Å². The van der Waals surface area contributed by atoms with Crippen LogP contribution in [0.1, 0.15) is 30.1 Å². The van der Waals surface area contributed by atoms with Crippen LogP contribution in [0.5, 0.6) is 5.75 Å². The zero-order chi connectivity index (χ0) is 15.0. The van der Waals surface area contributed by atoms with E-state index in [9.17, 15) is 14.4 Å². The van der Waals surface area contributed by atoms with Crippen molar-refractivity contribution in [1.29, 1.82) is 0 Å². The summed E-state index contributed by atoms with van der Waals surface area (Å²) in [4.78, 5) is 32.7. The molecule has 0 aromatic heterocycles. The Kier molecular flexibility index (Phi) is 6.22. The first kappa shape index (κ1) is 15.7. The Morgan fingerprint density at radius 2 is 2.05 bits per heavy atom. The smallest absolute Gasteiger partial charge is 0.322 e. The molecule has 0 spiro atoms. The number of carboxylic acids is 1. The van der Waals surface area contributed by atoms with Gasteiger partial charge in [-0.05, 0) is 25.5 Å². The van der Waals surface area contributed by atoms with Gasteiger partial charge in [0.1, 0.15) is 12.3 Å². The molecule has 108 valence electrons. The highest BCUT2D eigenvalue weighted by Gasteiger charge is 2.04. The molecule has 0 saturated carbocycles. The number of aliphatic carboxylic acids is 1. The molecular formula is C14H17NO5. The summed E-state index contributed by atoms with van der Waals surface area (Å²) in [6.45, 7) is 1.42. The fourth-order valence-corrected chi connectivity index (χ4v) is 1.49. The van der Waals surface area contributed by atoms with Gasteiger partial charge in [0.2, 0.25) is 5.91 Å². The summed E-state index contributed by atoms with van der Waals surface area (Å²) in [5.74, 6) is -0.865. The van der Waals surface area contributed by atoms with Crippen molar-refractivity contribution in [3.8, 4) is 5.75 Å². The highest BCUT2D eigenvalue weighted by atomic mass is 16.5. The van der Waals surface area contributed by atoms with Gasteiger partial charge in [0.15, 0.2) is 5.78 Å². The molecule has 6 nitrogen and oxygen atoms in total. The minimum Gasteiger partial charge on any atom is -0.494 e. The molecule has 0 bridgehead atoms. The number of Topliss-reactive ketones (excluding diaryl/α,β-unsaturated/α-hetero) is 1. The first-order valence-corrected chi connectivity index (χ1v) is 6.21. The number of carbonyl (C=O) groups is 3. The standard InChI is InChI=1S/C14H17NO5/c1-10(16)11-4-2-5-12(8-11)20-7-3-6-13(17)15-9-14(18)19/h2,4-5,8H,3,6-7,9H2,1H3,(H,15,17)(H,18,19). The molecule has 1 amide bonds. The van der Waals surface area contributed by atoms with E-state index in [1.807, 2.05) is 0 Å². The molecule has 0 unspecified atom stereocenters. The maximum absolute atomic E-state index is 11.2. The number of rotatable bonds is 8. The van der Waals surface area contributed by atoms with Gasteiger partial charge in [-0.2, -0.15) is 0 Å². The van der Waals surface area contributed by atoms with Crippen molar-refractivity contribution in [2.75, 3.05) is 13.2 Å². The second kappa shape index (κ2) is 7.93. The molecule has 0 aliphatic rings. The van der Waals surface area contributed by atoms with Gasteiger partial charge in [-0.3, -0.25) is 14.4 Å². The highest BCUT2D eigenvalue weighted by Crippen LogP contribution is 2.14. The van der Waals surface area contributed by atoms with Crippen LogP contribution in [-0.4, -0.2) is 35.9 Å². The molecule has 0 atom stereocenters. The maximum atomic E-state index is 11.2. The van der Waals surface area contributed by atoms with Crippen LogP contribution < -0.4 is 10.1 Å². The van der Waals surface area contributed by atoms with E-state index in [0.717, 1.165) is 0 Å². The molecule has 6 heteroatoms. The van der Waals surface area contributed by atoms with E-state index in [1.165, 1.54) is 6.92 Å². The first-order valence-electron chi connectivity index (χ1n) is 6.21. The van der Waals surface area contributed by atoms with Crippen molar-refractivity contribution in [3.63, 3.8) is 0 Å². The van der Waals surface area contributed by atoms with E-state index in [-0.39, 0.29) is 24.7 Å².